The molecular formula is C18H27ClN2O2. The SMILES string of the molecule is CCCCNCC1Cc2cc(C)c3c(c2O1)C(C)(C)C(=O)N3.Cl. The number of carbonyl (C=O) groups excluding carboxylic acids is 1. The molecule has 0 spiro atoms. The first-order chi connectivity index (χ1) is 10.4. The van der Waals surface area contributed by atoms with Gasteiger partial charge in [0.25, 0.3) is 0 Å². The van der Waals surface area contributed by atoms with E-state index in [2.05, 4.69) is 30.5 Å². The van der Waals surface area contributed by atoms with Crippen LogP contribution in [-0.2, 0) is 16.6 Å². The van der Waals surface area contributed by atoms with Gasteiger partial charge in [0.2, 0.25) is 5.91 Å². The second-order valence-corrected chi connectivity index (χ2v) is 7.01. The molecule has 0 radical (unpaired) electrons. The number of carbonyl (C=O) groups is 1. The summed E-state index contributed by atoms with van der Waals surface area (Å²) in [6, 6.07) is 2.17. The maximum Gasteiger partial charge on any atom is 0.234 e. The number of halogens is 1. The number of hydrogen-bond acceptors (Lipinski definition) is 3. The second-order valence-electron chi connectivity index (χ2n) is 7.01. The number of ether oxygens (including phenoxy) is 1. The summed E-state index contributed by atoms with van der Waals surface area (Å²) in [6.07, 6.45) is 3.49. The molecule has 2 aliphatic heterocycles. The molecule has 2 aliphatic rings. The van der Waals surface area contributed by atoms with Gasteiger partial charge in [-0.1, -0.05) is 19.4 Å². The van der Waals surface area contributed by atoms with Crippen LogP contribution in [-0.4, -0.2) is 25.1 Å². The summed E-state index contributed by atoms with van der Waals surface area (Å²) in [5.41, 5.74) is 3.85. The predicted octanol–water partition coefficient (Wildman–Crippen LogP) is 3.34. The minimum atomic E-state index is -0.518. The third kappa shape index (κ3) is 3.07. The Morgan fingerprint density at radius 1 is 1.43 bits per heavy atom. The average Bonchev–Trinajstić information content (AvgIpc) is 2.95. The van der Waals surface area contributed by atoms with E-state index in [0.717, 1.165) is 42.1 Å². The summed E-state index contributed by atoms with van der Waals surface area (Å²) >= 11 is 0. The zero-order valence-corrected chi connectivity index (χ0v) is 15.2. The van der Waals surface area contributed by atoms with E-state index in [-0.39, 0.29) is 24.4 Å². The van der Waals surface area contributed by atoms with E-state index in [1.54, 1.807) is 0 Å². The first-order valence-corrected chi connectivity index (χ1v) is 8.31. The standard InChI is InChI=1S/C18H26N2O2.ClH/c1-5-6-7-19-10-13-9-12-8-11(2)15-14(16(12)22-13)18(3,4)17(21)20-15;/h8,13,19H,5-7,9-10H2,1-4H3,(H,20,21);1H. The molecule has 3 rings (SSSR count). The van der Waals surface area contributed by atoms with Crippen LogP contribution in [0, 0.1) is 6.92 Å². The monoisotopic (exact) mass is 338 g/mol. The molecule has 2 N–H and O–H groups in total. The maximum absolute atomic E-state index is 12.3. The quantitative estimate of drug-likeness (QED) is 0.809. The van der Waals surface area contributed by atoms with Crippen LogP contribution in [0.15, 0.2) is 6.07 Å². The number of rotatable bonds is 5. The molecular weight excluding hydrogens is 312 g/mol. The summed E-state index contributed by atoms with van der Waals surface area (Å²) in [7, 11) is 0. The van der Waals surface area contributed by atoms with Crippen molar-refractivity contribution in [3.63, 3.8) is 0 Å². The molecule has 1 aromatic carbocycles. The van der Waals surface area contributed by atoms with Crippen LogP contribution in [0.5, 0.6) is 5.75 Å². The molecule has 0 saturated heterocycles. The van der Waals surface area contributed by atoms with Gasteiger partial charge in [-0.3, -0.25) is 4.79 Å². The fourth-order valence-electron chi connectivity index (χ4n) is 3.43. The van der Waals surface area contributed by atoms with E-state index in [1.165, 1.54) is 18.4 Å². The highest BCUT2D eigenvalue weighted by Gasteiger charge is 2.44. The van der Waals surface area contributed by atoms with E-state index >= 15 is 0 Å². The molecule has 0 bridgehead atoms. The van der Waals surface area contributed by atoms with Gasteiger partial charge in [-0.05, 0) is 44.9 Å². The van der Waals surface area contributed by atoms with Crippen LogP contribution in [0.3, 0.4) is 0 Å². The lowest BCUT2D eigenvalue weighted by atomic mass is 9.83. The smallest absolute Gasteiger partial charge is 0.234 e. The Bertz CT molecular complexity index is 614. The Labute approximate surface area is 144 Å². The number of anilines is 1. The minimum absolute atomic E-state index is 0. The number of aryl methyl sites for hydroxylation is 1. The number of amides is 1. The Hall–Kier alpha value is -1.26. The molecule has 128 valence electrons. The Balaban J connectivity index is 0.00000192. The van der Waals surface area contributed by atoms with Gasteiger partial charge in [0.1, 0.15) is 11.9 Å². The molecule has 0 aromatic heterocycles. The van der Waals surface area contributed by atoms with Crippen LogP contribution in [0.4, 0.5) is 5.69 Å². The zero-order chi connectivity index (χ0) is 15.9. The molecule has 23 heavy (non-hydrogen) atoms. The van der Waals surface area contributed by atoms with Gasteiger partial charge in [-0.2, -0.15) is 0 Å². The summed E-state index contributed by atoms with van der Waals surface area (Å²) in [5, 5.41) is 6.49. The third-order valence-electron chi connectivity index (χ3n) is 4.80. The van der Waals surface area contributed by atoms with E-state index in [1.807, 2.05) is 13.8 Å². The van der Waals surface area contributed by atoms with Crippen molar-refractivity contribution in [1.82, 2.24) is 5.32 Å². The lowest BCUT2D eigenvalue weighted by Crippen LogP contribution is -2.31. The largest absolute Gasteiger partial charge is 0.488 e. The van der Waals surface area contributed by atoms with Gasteiger partial charge in [0, 0.05) is 18.5 Å². The lowest BCUT2D eigenvalue weighted by Gasteiger charge is -2.19. The Morgan fingerprint density at radius 2 is 2.17 bits per heavy atom. The number of fused-ring (bicyclic) bond motifs is 3. The van der Waals surface area contributed by atoms with Crippen LogP contribution in [0.1, 0.15) is 50.3 Å². The van der Waals surface area contributed by atoms with Crippen molar-refractivity contribution in [2.45, 2.75) is 58.5 Å². The summed E-state index contributed by atoms with van der Waals surface area (Å²) < 4.78 is 6.21. The highest BCUT2D eigenvalue weighted by atomic mass is 35.5. The van der Waals surface area contributed by atoms with Crippen LogP contribution >= 0.6 is 12.4 Å². The molecule has 1 amide bonds. The molecule has 1 aromatic rings. The van der Waals surface area contributed by atoms with Crippen LogP contribution in [0.25, 0.3) is 0 Å². The topological polar surface area (TPSA) is 50.4 Å². The van der Waals surface area contributed by atoms with Crippen molar-refractivity contribution in [3.05, 3.63) is 22.8 Å². The van der Waals surface area contributed by atoms with Crippen molar-refractivity contribution in [2.24, 2.45) is 0 Å². The molecule has 2 heterocycles. The zero-order valence-electron chi connectivity index (χ0n) is 14.4. The van der Waals surface area contributed by atoms with Gasteiger partial charge < -0.3 is 15.4 Å². The summed E-state index contributed by atoms with van der Waals surface area (Å²) in [6.45, 7) is 10.1. The van der Waals surface area contributed by atoms with Gasteiger partial charge >= 0.3 is 0 Å². The normalized spacial score (nSPS) is 20.3. The maximum atomic E-state index is 12.3. The third-order valence-corrected chi connectivity index (χ3v) is 4.80. The van der Waals surface area contributed by atoms with Crippen molar-refractivity contribution >= 4 is 24.0 Å². The molecule has 1 atom stereocenters. The highest BCUT2D eigenvalue weighted by Crippen LogP contribution is 2.49. The molecule has 1 unspecified atom stereocenters. The number of benzene rings is 1. The molecule has 0 saturated carbocycles. The van der Waals surface area contributed by atoms with Gasteiger partial charge in [0.05, 0.1) is 11.1 Å². The average molecular weight is 339 g/mol. The van der Waals surface area contributed by atoms with E-state index in [0.29, 0.717) is 0 Å². The second kappa shape index (κ2) is 6.70. The van der Waals surface area contributed by atoms with E-state index in [9.17, 15) is 4.79 Å². The van der Waals surface area contributed by atoms with Gasteiger partial charge in [-0.25, -0.2) is 0 Å². The van der Waals surface area contributed by atoms with Crippen LogP contribution in [0.2, 0.25) is 0 Å². The van der Waals surface area contributed by atoms with Crippen LogP contribution < -0.4 is 15.4 Å². The summed E-state index contributed by atoms with van der Waals surface area (Å²) in [4.78, 5) is 12.3. The minimum Gasteiger partial charge on any atom is -0.488 e. The molecule has 0 aliphatic carbocycles. The van der Waals surface area contributed by atoms with Gasteiger partial charge in [-0.15, -0.1) is 12.4 Å². The highest BCUT2D eigenvalue weighted by molar-refractivity contribution is 6.07. The lowest BCUT2D eigenvalue weighted by molar-refractivity contribution is -0.119. The fraction of sp³-hybridized carbons (Fsp3) is 0.611. The van der Waals surface area contributed by atoms with Crippen molar-refractivity contribution in [2.75, 3.05) is 18.4 Å². The molecule has 4 nitrogen and oxygen atoms in total. The number of nitrogens with one attached hydrogen (secondary N) is 2. The number of hydrogen-bond donors (Lipinski definition) is 2. The Morgan fingerprint density at radius 3 is 2.87 bits per heavy atom. The fourth-order valence-corrected chi connectivity index (χ4v) is 3.43. The number of unbranched alkanes of at least 4 members (excludes halogenated alkanes) is 1. The van der Waals surface area contributed by atoms with Gasteiger partial charge in [0.15, 0.2) is 0 Å². The first-order valence-electron chi connectivity index (χ1n) is 8.31. The predicted molar refractivity (Wildman–Crippen MR) is 96.0 cm³/mol. The van der Waals surface area contributed by atoms with E-state index < -0.39 is 5.41 Å². The Kier molecular flexibility index (Phi) is 5.27. The van der Waals surface area contributed by atoms with Crippen molar-refractivity contribution in [3.8, 4) is 5.75 Å². The summed E-state index contributed by atoms with van der Waals surface area (Å²) in [5.74, 6) is 0.998. The van der Waals surface area contributed by atoms with Crippen molar-refractivity contribution < 1.29 is 9.53 Å². The van der Waals surface area contributed by atoms with E-state index in [4.69, 9.17) is 4.74 Å². The molecule has 0 fully saturated rings. The molecule has 5 heteroatoms. The van der Waals surface area contributed by atoms with Crippen molar-refractivity contribution in [1.29, 1.82) is 0 Å². The first kappa shape index (κ1) is 18.1.